The molecule has 0 spiro atoms. The first-order chi connectivity index (χ1) is 10.8. The number of ether oxygens (including phenoxy) is 2. The largest absolute Gasteiger partial charge is 0.484 e. The van der Waals surface area contributed by atoms with Gasteiger partial charge in [0.1, 0.15) is 5.75 Å². The maximum atomic E-state index is 12.0. The molecule has 0 bridgehead atoms. The molecule has 1 N–H and O–H groups in total. The predicted molar refractivity (Wildman–Crippen MR) is 84.2 cm³/mol. The number of nitrogens with zero attached hydrogens (tertiary/aromatic N) is 1. The average Bonchev–Trinajstić information content (AvgIpc) is 2.61. The summed E-state index contributed by atoms with van der Waals surface area (Å²) in [6, 6.07) is 8.17. The van der Waals surface area contributed by atoms with Crippen LogP contribution in [0.4, 0.5) is 0 Å². The van der Waals surface area contributed by atoms with Crippen LogP contribution in [-0.2, 0) is 9.53 Å². The molecular formula is C17H24N2O3. The lowest BCUT2D eigenvalue weighted by atomic mass is 9.92. The van der Waals surface area contributed by atoms with Crippen LogP contribution in [0, 0.1) is 0 Å². The molecule has 2 heterocycles. The molecule has 2 aliphatic heterocycles. The Morgan fingerprint density at radius 1 is 1.27 bits per heavy atom. The van der Waals surface area contributed by atoms with E-state index in [1.807, 2.05) is 12.1 Å². The second kappa shape index (κ2) is 7.61. The SMILES string of the molecule is O=C(COc1ccc(C2CCCNC2)cc1)N1CCOCC1. The Balaban J connectivity index is 1.49. The first kappa shape index (κ1) is 15.3. The third-order valence-corrected chi connectivity index (χ3v) is 4.37. The van der Waals surface area contributed by atoms with Gasteiger partial charge in [-0.05, 0) is 43.0 Å². The van der Waals surface area contributed by atoms with Gasteiger partial charge in [0.2, 0.25) is 0 Å². The topological polar surface area (TPSA) is 50.8 Å². The quantitative estimate of drug-likeness (QED) is 0.913. The molecule has 5 nitrogen and oxygen atoms in total. The molecule has 2 fully saturated rings. The average molecular weight is 304 g/mol. The Morgan fingerprint density at radius 2 is 2.05 bits per heavy atom. The van der Waals surface area contributed by atoms with Gasteiger partial charge in [-0.1, -0.05) is 12.1 Å². The number of nitrogens with one attached hydrogen (secondary N) is 1. The van der Waals surface area contributed by atoms with Crippen molar-refractivity contribution in [2.24, 2.45) is 0 Å². The van der Waals surface area contributed by atoms with Gasteiger partial charge < -0.3 is 19.7 Å². The molecule has 1 unspecified atom stereocenters. The summed E-state index contributed by atoms with van der Waals surface area (Å²) in [5.74, 6) is 1.38. The standard InChI is InChI=1S/C17H24N2O3/c20-17(19-8-10-21-11-9-19)13-22-16-5-3-14(4-6-16)15-2-1-7-18-12-15/h3-6,15,18H,1-2,7-13H2. The van der Waals surface area contributed by atoms with Gasteiger partial charge in [-0.15, -0.1) is 0 Å². The molecular weight excluding hydrogens is 280 g/mol. The minimum atomic E-state index is 0.0313. The van der Waals surface area contributed by atoms with Crippen molar-refractivity contribution < 1.29 is 14.3 Å². The number of piperidine rings is 1. The van der Waals surface area contributed by atoms with Gasteiger partial charge in [0.25, 0.3) is 5.91 Å². The van der Waals surface area contributed by atoms with E-state index in [1.54, 1.807) is 4.90 Å². The van der Waals surface area contributed by atoms with Gasteiger partial charge in [0, 0.05) is 19.6 Å². The van der Waals surface area contributed by atoms with Gasteiger partial charge in [-0.3, -0.25) is 4.79 Å². The van der Waals surface area contributed by atoms with Crippen LogP contribution >= 0.6 is 0 Å². The van der Waals surface area contributed by atoms with Crippen molar-refractivity contribution in [3.8, 4) is 5.75 Å². The van der Waals surface area contributed by atoms with Crippen LogP contribution in [0.1, 0.15) is 24.3 Å². The molecule has 0 saturated carbocycles. The highest BCUT2D eigenvalue weighted by Gasteiger charge is 2.18. The van der Waals surface area contributed by atoms with Gasteiger partial charge in [-0.2, -0.15) is 0 Å². The molecule has 2 saturated heterocycles. The van der Waals surface area contributed by atoms with E-state index >= 15 is 0 Å². The molecule has 1 aromatic carbocycles. The molecule has 1 amide bonds. The van der Waals surface area contributed by atoms with E-state index < -0.39 is 0 Å². The molecule has 22 heavy (non-hydrogen) atoms. The van der Waals surface area contributed by atoms with E-state index in [1.165, 1.54) is 18.4 Å². The summed E-state index contributed by atoms with van der Waals surface area (Å²) in [4.78, 5) is 13.8. The number of rotatable bonds is 4. The van der Waals surface area contributed by atoms with Crippen molar-refractivity contribution in [2.45, 2.75) is 18.8 Å². The molecule has 3 rings (SSSR count). The minimum absolute atomic E-state index is 0.0313. The summed E-state index contributed by atoms with van der Waals surface area (Å²) in [6.07, 6.45) is 2.47. The van der Waals surface area contributed by atoms with E-state index in [0.29, 0.717) is 32.2 Å². The second-order valence-corrected chi connectivity index (χ2v) is 5.89. The van der Waals surface area contributed by atoms with Crippen LogP contribution in [0.25, 0.3) is 0 Å². The highest BCUT2D eigenvalue weighted by molar-refractivity contribution is 5.77. The maximum absolute atomic E-state index is 12.0. The van der Waals surface area contributed by atoms with Crippen LogP contribution in [0.15, 0.2) is 24.3 Å². The lowest BCUT2D eigenvalue weighted by Gasteiger charge is -2.26. The van der Waals surface area contributed by atoms with E-state index in [4.69, 9.17) is 9.47 Å². The van der Waals surface area contributed by atoms with Crippen LogP contribution in [-0.4, -0.2) is 56.8 Å². The van der Waals surface area contributed by atoms with Crippen LogP contribution in [0.3, 0.4) is 0 Å². The molecule has 0 radical (unpaired) electrons. The van der Waals surface area contributed by atoms with Gasteiger partial charge in [0.05, 0.1) is 13.2 Å². The monoisotopic (exact) mass is 304 g/mol. The van der Waals surface area contributed by atoms with Crippen molar-refractivity contribution in [2.75, 3.05) is 46.0 Å². The molecule has 1 aromatic rings. The zero-order valence-electron chi connectivity index (χ0n) is 12.9. The normalized spacial score (nSPS) is 22.4. The van der Waals surface area contributed by atoms with Crippen molar-refractivity contribution >= 4 is 5.91 Å². The minimum Gasteiger partial charge on any atom is -0.484 e. The van der Waals surface area contributed by atoms with E-state index in [0.717, 1.165) is 18.8 Å². The number of benzene rings is 1. The Morgan fingerprint density at radius 3 is 2.73 bits per heavy atom. The second-order valence-electron chi connectivity index (χ2n) is 5.89. The number of carbonyl (C=O) groups excluding carboxylic acids is 1. The number of carbonyl (C=O) groups is 1. The Labute approximate surface area is 131 Å². The fourth-order valence-electron chi connectivity index (χ4n) is 3.02. The molecule has 0 aromatic heterocycles. The Kier molecular flexibility index (Phi) is 5.29. The molecule has 1 atom stereocenters. The van der Waals surface area contributed by atoms with Crippen LogP contribution < -0.4 is 10.1 Å². The fraction of sp³-hybridized carbons (Fsp3) is 0.588. The number of hydrogen-bond donors (Lipinski definition) is 1. The van der Waals surface area contributed by atoms with Crippen LogP contribution in [0.2, 0.25) is 0 Å². The summed E-state index contributed by atoms with van der Waals surface area (Å²) in [7, 11) is 0. The zero-order chi connectivity index (χ0) is 15.2. The van der Waals surface area contributed by atoms with Crippen molar-refractivity contribution in [1.29, 1.82) is 0 Å². The molecule has 0 aliphatic carbocycles. The number of morpholine rings is 1. The van der Waals surface area contributed by atoms with Gasteiger partial charge in [0.15, 0.2) is 6.61 Å². The summed E-state index contributed by atoms with van der Waals surface area (Å²) >= 11 is 0. The van der Waals surface area contributed by atoms with E-state index in [-0.39, 0.29) is 12.5 Å². The number of hydrogen-bond acceptors (Lipinski definition) is 4. The summed E-state index contributed by atoms with van der Waals surface area (Å²) < 4.78 is 10.9. The zero-order valence-corrected chi connectivity index (χ0v) is 12.9. The molecule has 120 valence electrons. The highest BCUT2D eigenvalue weighted by atomic mass is 16.5. The lowest BCUT2D eigenvalue weighted by molar-refractivity contribution is -0.137. The number of amides is 1. The van der Waals surface area contributed by atoms with E-state index in [2.05, 4.69) is 17.4 Å². The van der Waals surface area contributed by atoms with Crippen molar-refractivity contribution in [3.63, 3.8) is 0 Å². The summed E-state index contributed by atoms with van der Waals surface area (Å²) in [5, 5.41) is 3.43. The Hall–Kier alpha value is -1.59. The third kappa shape index (κ3) is 3.99. The third-order valence-electron chi connectivity index (χ3n) is 4.37. The smallest absolute Gasteiger partial charge is 0.260 e. The molecule has 2 aliphatic rings. The first-order valence-corrected chi connectivity index (χ1v) is 8.12. The molecule has 5 heteroatoms. The van der Waals surface area contributed by atoms with Crippen molar-refractivity contribution in [3.05, 3.63) is 29.8 Å². The fourth-order valence-corrected chi connectivity index (χ4v) is 3.02. The predicted octanol–water partition coefficient (Wildman–Crippen LogP) is 1.39. The van der Waals surface area contributed by atoms with Gasteiger partial charge >= 0.3 is 0 Å². The maximum Gasteiger partial charge on any atom is 0.260 e. The first-order valence-electron chi connectivity index (χ1n) is 8.12. The summed E-state index contributed by atoms with van der Waals surface area (Å²) in [5.41, 5.74) is 1.35. The van der Waals surface area contributed by atoms with E-state index in [9.17, 15) is 4.79 Å². The Bertz CT molecular complexity index is 477. The van der Waals surface area contributed by atoms with Gasteiger partial charge in [-0.25, -0.2) is 0 Å². The van der Waals surface area contributed by atoms with Crippen LogP contribution in [0.5, 0.6) is 5.75 Å². The van der Waals surface area contributed by atoms with Crippen molar-refractivity contribution in [1.82, 2.24) is 10.2 Å². The highest BCUT2D eigenvalue weighted by Crippen LogP contribution is 2.25. The summed E-state index contributed by atoms with van der Waals surface area (Å²) in [6.45, 7) is 4.85. The lowest BCUT2D eigenvalue weighted by Crippen LogP contribution is -2.42.